The Morgan fingerprint density at radius 1 is 1.41 bits per heavy atom. The summed E-state index contributed by atoms with van der Waals surface area (Å²) in [5.74, 6) is 1.91. The molecule has 0 aliphatic carbocycles. The van der Waals surface area contributed by atoms with E-state index in [-0.39, 0.29) is 5.60 Å². The third-order valence-corrected chi connectivity index (χ3v) is 5.59. The number of quaternary nitrogens is 1. The molecule has 3 rings (SSSR count). The summed E-state index contributed by atoms with van der Waals surface area (Å²) in [6.45, 7) is 8.72. The minimum Gasteiger partial charge on any atom is -0.370 e. The van der Waals surface area contributed by atoms with Crippen LogP contribution in [0.4, 0.5) is 5.82 Å². The van der Waals surface area contributed by atoms with E-state index in [0.29, 0.717) is 6.61 Å². The molecule has 0 saturated carbocycles. The summed E-state index contributed by atoms with van der Waals surface area (Å²) in [5, 5.41) is 4.25. The minimum absolute atomic E-state index is 0.0940. The molecule has 5 nitrogen and oxygen atoms in total. The average Bonchev–Trinajstić information content (AvgIpc) is 2.81. The highest BCUT2D eigenvalue weighted by molar-refractivity contribution is 7.99. The number of aromatic nitrogens is 2. The molecule has 4 N–H and O–H groups in total. The molecule has 2 aromatic heterocycles. The summed E-state index contributed by atoms with van der Waals surface area (Å²) < 4.78 is 7.14. The lowest BCUT2D eigenvalue weighted by molar-refractivity contribution is -0.362. The molecule has 0 aromatic carbocycles. The molecule has 0 fully saturated rings. The predicted molar refractivity (Wildman–Crippen MR) is 92.6 cm³/mol. The Hall–Kier alpha value is -0.890. The van der Waals surface area contributed by atoms with Crippen LogP contribution >= 0.6 is 23.1 Å². The van der Waals surface area contributed by atoms with Gasteiger partial charge in [0.25, 0.3) is 0 Å². The van der Waals surface area contributed by atoms with Gasteiger partial charge in [-0.15, -0.1) is 11.3 Å². The van der Waals surface area contributed by atoms with Gasteiger partial charge in [0, 0.05) is 16.9 Å². The number of thiophene rings is 1. The molecule has 3 heterocycles. The fraction of sp³-hybridized carbons (Fsp3) is 0.600. The molecule has 0 spiro atoms. The van der Waals surface area contributed by atoms with Crippen molar-refractivity contribution in [2.24, 2.45) is 0 Å². The number of nitrogens with zero attached hydrogens (tertiary/aromatic N) is 2. The van der Waals surface area contributed by atoms with Crippen molar-refractivity contribution in [1.82, 2.24) is 9.97 Å². The van der Waals surface area contributed by atoms with E-state index in [1.54, 1.807) is 11.8 Å². The number of thioether (sulfide) groups is 1. The van der Waals surface area contributed by atoms with Crippen molar-refractivity contribution in [1.29, 1.82) is 0 Å². The fourth-order valence-electron chi connectivity index (χ4n) is 2.57. The Morgan fingerprint density at radius 2 is 2.23 bits per heavy atom. The third kappa shape index (κ3) is 3.08. The van der Waals surface area contributed by atoms with Gasteiger partial charge in [-0.05, 0) is 19.6 Å². The van der Waals surface area contributed by atoms with Crippen molar-refractivity contribution in [3.05, 3.63) is 10.4 Å². The van der Waals surface area contributed by atoms with Crippen molar-refractivity contribution in [2.75, 3.05) is 24.2 Å². The molecule has 0 amide bonds. The maximum atomic E-state index is 5.99. The Labute approximate surface area is 139 Å². The highest BCUT2D eigenvalue weighted by Gasteiger charge is 2.30. The molecule has 22 heavy (non-hydrogen) atoms. The van der Waals surface area contributed by atoms with Gasteiger partial charge in [-0.3, -0.25) is 0 Å². The normalized spacial score (nSPS) is 16.7. The lowest BCUT2D eigenvalue weighted by Crippen LogP contribution is -2.53. The number of ether oxygens (including phenoxy) is 1. The summed E-state index contributed by atoms with van der Waals surface area (Å²) in [7, 11) is 0. The second kappa shape index (κ2) is 6.31. The van der Waals surface area contributed by atoms with Gasteiger partial charge in [-0.1, -0.05) is 18.7 Å². The van der Waals surface area contributed by atoms with Gasteiger partial charge in [-0.2, -0.15) is 0 Å². The number of hydrogen-bond acceptors (Lipinski definition) is 6. The zero-order valence-corrected chi connectivity index (χ0v) is 15.0. The van der Waals surface area contributed by atoms with Crippen LogP contribution in [-0.4, -0.2) is 34.4 Å². The van der Waals surface area contributed by atoms with E-state index in [1.165, 1.54) is 10.4 Å². The fourth-order valence-corrected chi connectivity index (χ4v) is 4.56. The van der Waals surface area contributed by atoms with Crippen LogP contribution in [0.15, 0.2) is 5.16 Å². The molecule has 1 aliphatic rings. The van der Waals surface area contributed by atoms with E-state index in [0.717, 1.165) is 46.5 Å². The average molecular weight is 340 g/mol. The predicted octanol–water partition coefficient (Wildman–Crippen LogP) is 2.31. The monoisotopic (exact) mass is 339 g/mol. The van der Waals surface area contributed by atoms with Crippen molar-refractivity contribution in [2.45, 2.75) is 44.6 Å². The van der Waals surface area contributed by atoms with Gasteiger partial charge in [-0.25, -0.2) is 9.97 Å². The Kier molecular flexibility index (Phi) is 4.59. The van der Waals surface area contributed by atoms with Crippen LogP contribution in [0.3, 0.4) is 0 Å². The first-order valence-corrected chi connectivity index (χ1v) is 9.46. The first kappa shape index (κ1) is 16.0. The number of fused-ring (bicyclic) bond motifs is 3. The topological polar surface area (TPSA) is 74.7 Å². The minimum atomic E-state index is -0.0940. The second-order valence-electron chi connectivity index (χ2n) is 5.97. The van der Waals surface area contributed by atoms with Crippen LogP contribution in [-0.2, 0) is 17.8 Å². The smallest absolute Gasteiger partial charge is 0.190 e. The van der Waals surface area contributed by atoms with Crippen LogP contribution in [0, 0.1) is 0 Å². The molecule has 0 bridgehead atoms. The van der Waals surface area contributed by atoms with Crippen LogP contribution in [0.5, 0.6) is 0 Å². The quantitative estimate of drug-likeness (QED) is 0.646. The summed E-state index contributed by atoms with van der Waals surface area (Å²) in [6, 6.07) is 0. The van der Waals surface area contributed by atoms with Crippen LogP contribution < -0.4 is 11.1 Å². The number of rotatable bonds is 5. The maximum Gasteiger partial charge on any atom is 0.190 e. The van der Waals surface area contributed by atoms with Gasteiger partial charge < -0.3 is 15.8 Å². The molecule has 0 radical (unpaired) electrons. The van der Waals surface area contributed by atoms with E-state index in [1.807, 2.05) is 11.3 Å². The van der Waals surface area contributed by atoms with Gasteiger partial charge in [0.15, 0.2) is 5.16 Å². The first-order valence-electron chi connectivity index (χ1n) is 7.66. The number of nitrogens with one attached hydrogen (secondary N) is 1. The Balaban J connectivity index is 2.10. The van der Waals surface area contributed by atoms with Crippen LogP contribution in [0.1, 0.15) is 31.2 Å². The van der Waals surface area contributed by atoms with Gasteiger partial charge in [0.05, 0.1) is 35.5 Å². The standard InChI is InChI=1S/C15H22N4OS2/c1-4-21-14-18-11-9-8-20-15(2,3)7-10(9)22-12(11)13(19-14)17-6-5-16/h4-8,16H2,1-3H3,(H,17,18,19)/p+1. The van der Waals surface area contributed by atoms with Gasteiger partial charge in [0.2, 0.25) is 0 Å². The largest absolute Gasteiger partial charge is 0.370 e. The van der Waals surface area contributed by atoms with Crippen molar-refractivity contribution in [3.8, 4) is 0 Å². The molecule has 2 aromatic rings. The zero-order valence-electron chi connectivity index (χ0n) is 13.4. The number of anilines is 1. The van der Waals surface area contributed by atoms with E-state index in [4.69, 9.17) is 14.7 Å². The van der Waals surface area contributed by atoms with Crippen LogP contribution in [0.2, 0.25) is 0 Å². The Bertz CT molecular complexity index is 684. The van der Waals surface area contributed by atoms with Crippen molar-refractivity contribution < 1.29 is 10.5 Å². The summed E-state index contributed by atoms with van der Waals surface area (Å²) in [6.07, 6.45) is 0.939. The van der Waals surface area contributed by atoms with Gasteiger partial charge >= 0.3 is 0 Å². The molecule has 7 heteroatoms. The Morgan fingerprint density at radius 3 is 2.95 bits per heavy atom. The molecule has 0 atom stereocenters. The van der Waals surface area contributed by atoms with Crippen molar-refractivity contribution >= 4 is 39.1 Å². The molecular weight excluding hydrogens is 316 g/mol. The van der Waals surface area contributed by atoms with Crippen LogP contribution in [0.25, 0.3) is 10.2 Å². The van der Waals surface area contributed by atoms with E-state index in [9.17, 15) is 0 Å². The summed E-state index contributed by atoms with van der Waals surface area (Å²) in [4.78, 5) is 10.9. The molecular formula is C15H23N4OS2+. The summed E-state index contributed by atoms with van der Waals surface area (Å²) >= 11 is 3.49. The summed E-state index contributed by atoms with van der Waals surface area (Å²) in [5.41, 5.74) is 6.11. The highest BCUT2D eigenvalue weighted by atomic mass is 32.2. The van der Waals surface area contributed by atoms with Crippen molar-refractivity contribution in [3.63, 3.8) is 0 Å². The van der Waals surface area contributed by atoms with Gasteiger partial charge in [0.1, 0.15) is 5.82 Å². The highest BCUT2D eigenvalue weighted by Crippen LogP contribution is 2.41. The second-order valence-corrected chi connectivity index (χ2v) is 8.31. The lowest BCUT2D eigenvalue weighted by Gasteiger charge is -2.29. The molecule has 0 saturated heterocycles. The molecule has 0 unspecified atom stereocenters. The SMILES string of the molecule is CCSc1nc(NCC[NH3+])c2sc3c(c2n1)COC(C)(C)C3. The third-order valence-electron chi connectivity index (χ3n) is 3.63. The lowest BCUT2D eigenvalue weighted by atomic mass is 9.98. The zero-order chi connectivity index (χ0) is 15.7. The van der Waals surface area contributed by atoms with E-state index in [2.05, 4.69) is 31.8 Å². The first-order chi connectivity index (χ1) is 10.5. The van der Waals surface area contributed by atoms with E-state index >= 15 is 0 Å². The molecule has 1 aliphatic heterocycles. The van der Waals surface area contributed by atoms with E-state index < -0.39 is 0 Å². The maximum absolute atomic E-state index is 5.99. The molecule has 120 valence electrons. The number of hydrogen-bond donors (Lipinski definition) is 2.